The maximum Gasteiger partial charge on any atom is 0.410 e. The molecular weight excluding hydrogens is 332 g/mol. The molecule has 3 rings (SSSR count). The molecule has 1 aromatic heterocycles. The summed E-state index contributed by atoms with van der Waals surface area (Å²) in [7, 11) is 1.87. The number of ether oxygens (including phenoxy) is 1. The van der Waals surface area contributed by atoms with Crippen molar-refractivity contribution in [3.8, 4) is 0 Å². The van der Waals surface area contributed by atoms with E-state index < -0.39 is 5.60 Å². The highest BCUT2D eigenvalue weighted by Crippen LogP contribution is 2.26. The minimum Gasteiger partial charge on any atom is -0.444 e. The van der Waals surface area contributed by atoms with Crippen molar-refractivity contribution in [3.63, 3.8) is 0 Å². The predicted octanol–water partition coefficient (Wildman–Crippen LogP) is 3.11. The van der Waals surface area contributed by atoms with Gasteiger partial charge in [-0.05, 0) is 33.6 Å². The molecule has 1 aliphatic carbocycles. The lowest BCUT2D eigenvalue weighted by atomic mass is 9.94. The van der Waals surface area contributed by atoms with E-state index in [1.54, 1.807) is 4.90 Å². The number of hydrogen-bond acceptors (Lipinski definition) is 4. The van der Waals surface area contributed by atoms with Gasteiger partial charge in [0.15, 0.2) is 5.69 Å². The largest absolute Gasteiger partial charge is 0.444 e. The van der Waals surface area contributed by atoms with Crippen LogP contribution in [0.4, 0.5) is 4.79 Å². The zero-order valence-corrected chi connectivity index (χ0v) is 16.3. The van der Waals surface area contributed by atoms with Crippen molar-refractivity contribution in [1.82, 2.24) is 20.0 Å². The van der Waals surface area contributed by atoms with Gasteiger partial charge in [0.05, 0.1) is 6.54 Å². The van der Waals surface area contributed by atoms with Crippen molar-refractivity contribution in [1.29, 1.82) is 0 Å². The number of carbonyl (C=O) groups is 2. The lowest BCUT2D eigenvalue weighted by molar-refractivity contribution is 0.0221. The Hall–Kier alpha value is -2.05. The smallest absolute Gasteiger partial charge is 0.410 e. The van der Waals surface area contributed by atoms with Crippen molar-refractivity contribution < 1.29 is 14.3 Å². The van der Waals surface area contributed by atoms with Crippen LogP contribution in [0.25, 0.3) is 0 Å². The summed E-state index contributed by atoms with van der Waals surface area (Å²) in [5.74, 6) is -0.0551. The Morgan fingerprint density at radius 1 is 1.23 bits per heavy atom. The average molecular weight is 362 g/mol. The van der Waals surface area contributed by atoms with Crippen molar-refractivity contribution in [2.24, 2.45) is 0 Å². The average Bonchev–Trinajstić information content (AvgIpc) is 3.03. The molecule has 2 amide bonds. The van der Waals surface area contributed by atoms with Gasteiger partial charge in [-0.1, -0.05) is 19.3 Å². The first-order chi connectivity index (χ1) is 12.3. The number of carbonyl (C=O) groups excluding carboxylic acids is 2. The number of rotatable bonds is 2. The third-order valence-corrected chi connectivity index (χ3v) is 5.23. The minimum atomic E-state index is -0.534. The van der Waals surface area contributed by atoms with Crippen LogP contribution in [0.3, 0.4) is 0 Å². The van der Waals surface area contributed by atoms with Gasteiger partial charge in [-0.15, -0.1) is 0 Å². The Kier molecular flexibility index (Phi) is 5.25. The molecule has 1 aromatic rings. The van der Waals surface area contributed by atoms with Gasteiger partial charge in [-0.2, -0.15) is 5.10 Å². The molecule has 7 nitrogen and oxygen atoms in total. The van der Waals surface area contributed by atoms with Gasteiger partial charge in [-0.25, -0.2) is 4.79 Å². The van der Waals surface area contributed by atoms with Crippen LogP contribution in [0.2, 0.25) is 0 Å². The lowest BCUT2D eigenvalue weighted by Gasteiger charge is -2.32. The predicted molar refractivity (Wildman–Crippen MR) is 97.9 cm³/mol. The molecule has 0 bridgehead atoms. The molecule has 26 heavy (non-hydrogen) atoms. The quantitative estimate of drug-likeness (QED) is 0.877. The molecule has 0 aromatic carbocycles. The summed E-state index contributed by atoms with van der Waals surface area (Å²) in [6.07, 6.45) is 6.02. The summed E-state index contributed by atoms with van der Waals surface area (Å²) in [5, 5.41) is 7.28. The number of nitrogens with one attached hydrogen (secondary N) is 1. The van der Waals surface area contributed by atoms with E-state index in [1.165, 1.54) is 19.3 Å². The van der Waals surface area contributed by atoms with Crippen LogP contribution < -0.4 is 0 Å². The first-order valence-electron chi connectivity index (χ1n) is 9.57. The summed E-state index contributed by atoms with van der Waals surface area (Å²) in [5.41, 5.74) is 1.69. The zero-order valence-electron chi connectivity index (χ0n) is 16.3. The third kappa shape index (κ3) is 4.02. The number of aromatic nitrogens is 2. The number of H-pyrrole nitrogens is 1. The first kappa shape index (κ1) is 18.7. The van der Waals surface area contributed by atoms with Crippen LogP contribution in [0.5, 0.6) is 0 Å². The van der Waals surface area contributed by atoms with E-state index in [0.29, 0.717) is 25.2 Å². The summed E-state index contributed by atoms with van der Waals surface area (Å²) in [6, 6.07) is 0.286. The monoisotopic (exact) mass is 362 g/mol. The zero-order chi connectivity index (χ0) is 18.9. The van der Waals surface area contributed by atoms with E-state index in [9.17, 15) is 9.59 Å². The van der Waals surface area contributed by atoms with E-state index >= 15 is 0 Å². The van der Waals surface area contributed by atoms with E-state index in [4.69, 9.17) is 4.74 Å². The van der Waals surface area contributed by atoms with Crippen molar-refractivity contribution in [2.75, 3.05) is 13.6 Å². The number of nitrogens with zero attached hydrogens (tertiary/aromatic N) is 3. The van der Waals surface area contributed by atoms with Gasteiger partial charge in [0, 0.05) is 37.3 Å². The van der Waals surface area contributed by atoms with Gasteiger partial charge < -0.3 is 14.5 Å². The fourth-order valence-electron chi connectivity index (χ4n) is 3.76. The summed E-state index contributed by atoms with van der Waals surface area (Å²) < 4.78 is 5.47. The summed E-state index contributed by atoms with van der Waals surface area (Å²) in [4.78, 5) is 28.9. The standard InChI is InChI=1S/C19H30N4O3/c1-19(2,3)26-18(25)23-11-10-15-14(12-23)16(21-20-15)17(24)22(4)13-8-6-5-7-9-13/h13H,5-12H2,1-4H3,(H,20,21). The van der Waals surface area contributed by atoms with Gasteiger partial charge >= 0.3 is 6.09 Å². The molecule has 0 radical (unpaired) electrons. The normalized spacial score (nSPS) is 18.4. The Bertz CT molecular complexity index is 671. The fraction of sp³-hybridized carbons (Fsp3) is 0.737. The third-order valence-electron chi connectivity index (χ3n) is 5.23. The van der Waals surface area contributed by atoms with Gasteiger partial charge in [0.1, 0.15) is 5.60 Å². The van der Waals surface area contributed by atoms with Crippen molar-refractivity contribution >= 4 is 12.0 Å². The van der Waals surface area contributed by atoms with Crippen LogP contribution in [-0.2, 0) is 17.7 Å². The van der Waals surface area contributed by atoms with E-state index in [-0.39, 0.29) is 18.0 Å². The van der Waals surface area contributed by atoms with Crippen molar-refractivity contribution in [2.45, 2.75) is 77.5 Å². The van der Waals surface area contributed by atoms with Crippen LogP contribution in [0.15, 0.2) is 0 Å². The number of aromatic amines is 1. The highest BCUT2D eigenvalue weighted by molar-refractivity contribution is 5.94. The van der Waals surface area contributed by atoms with E-state index in [2.05, 4.69) is 10.2 Å². The molecule has 2 heterocycles. The first-order valence-corrected chi connectivity index (χ1v) is 9.57. The SMILES string of the molecule is CN(C(=O)c1n[nH]c2c1CN(C(=O)OC(C)(C)C)CC2)C1CCCCC1. The minimum absolute atomic E-state index is 0.0551. The second kappa shape index (κ2) is 7.29. The van der Waals surface area contributed by atoms with Crippen molar-refractivity contribution in [3.05, 3.63) is 17.0 Å². The molecule has 1 N–H and O–H groups in total. The number of amides is 2. The van der Waals surface area contributed by atoms with E-state index in [1.807, 2.05) is 32.7 Å². The summed E-state index contributed by atoms with van der Waals surface area (Å²) in [6.45, 7) is 6.49. The van der Waals surface area contributed by atoms with E-state index in [0.717, 1.165) is 24.1 Å². The van der Waals surface area contributed by atoms with Gasteiger partial charge in [-0.3, -0.25) is 9.89 Å². The topological polar surface area (TPSA) is 78.5 Å². The lowest BCUT2D eigenvalue weighted by Crippen LogP contribution is -2.41. The molecule has 2 aliphatic rings. The van der Waals surface area contributed by atoms with Gasteiger partial charge in [0.2, 0.25) is 0 Å². The molecule has 1 saturated carbocycles. The highest BCUT2D eigenvalue weighted by atomic mass is 16.6. The molecule has 1 aliphatic heterocycles. The summed E-state index contributed by atoms with van der Waals surface area (Å²) >= 11 is 0. The molecule has 7 heteroatoms. The molecule has 0 spiro atoms. The number of hydrogen-bond donors (Lipinski definition) is 1. The van der Waals surface area contributed by atoms with Crippen LogP contribution in [0, 0.1) is 0 Å². The Morgan fingerprint density at radius 3 is 2.58 bits per heavy atom. The molecular formula is C19H30N4O3. The molecule has 1 fully saturated rings. The second-order valence-corrected chi connectivity index (χ2v) is 8.39. The van der Waals surface area contributed by atoms with Crippen LogP contribution >= 0.6 is 0 Å². The molecule has 0 atom stereocenters. The number of fused-ring (bicyclic) bond motifs is 1. The maximum atomic E-state index is 13.0. The highest BCUT2D eigenvalue weighted by Gasteiger charge is 2.32. The van der Waals surface area contributed by atoms with Crippen LogP contribution in [0.1, 0.15) is 74.6 Å². The molecule has 144 valence electrons. The van der Waals surface area contributed by atoms with Gasteiger partial charge in [0.25, 0.3) is 5.91 Å². The Balaban J connectivity index is 1.73. The molecule has 0 unspecified atom stereocenters. The second-order valence-electron chi connectivity index (χ2n) is 8.39. The maximum absolute atomic E-state index is 13.0. The Morgan fingerprint density at radius 2 is 1.92 bits per heavy atom. The van der Waals surface area contributed by atoms with Crippen LogP contribution in [-0.4, -0.2) is 57.2 Å². The molecule has 0 saturated heterocycles. The fourth-order valence-corrected chi connectivity index (χ4v) is 3.76. The Labute approximate surface area is 155 Å².